The zero-order valence-electron chi connectivity index (χ0n) is 12.4. The Kier molecular flexibility index (Phi) is 5.30. The summed E-state index contributed by atoms with van der Waals surface area (Å²) in [5.41, 5.74) is 1.30. The maximum absolute atomic E-state index is 3.63. The minimum Gasteiger partial charge on any atom is -0.385 e. The van der Waals surface area contributed by atoms with Crippen LogP contribution in [0.3, 0.4) is 0 Å². The SMILES string of the molecule is c1cc(SC2CCCC2)ccc1NCC1CCCCC1. The zero-order valence-corrected chi connectivity index (χ0v) is 13.3. The van der Waals surface area contributed by atoms with Gasteiger partial charge in [0.25, 0.3) is 0 Å². The Morgan fingerprint density at radius 2 is 1.50 bits per heavy atom. The van der Waals surface area contributed by atoms with Gasteiger partial charge in [-0.2, -0.15) is 0 Å². The minimum absolute atomic E-state index is 0.871. The summed E-state index contributed by atoms with van der Waals surface area (Å²) in [7, 11) is 0. The van der Waals surface area contributed by atoms with Crippen LogP contribution in [0.5, 0.6) is 0 Å². The molecule has 0 heterocycles. The van der Waals surface area contributed by atoms with Crippen molar-refractivity contribution in [1.82, 2.24) is 0 Å². The van der Waals surface area contributed by atoms with Crippen molar-refractivity contribution in [3.05, 3.63) is 24.3 Å². The maximum Gasteiger partial charge on any atom is 0.0341 e. The Hall–Kier alpha value is -0.630. The number of benzene rings is 1. The van der Waals surface area contributed by atoms with Gasteiger partial charge < -0.3 is 5.32 Å². The molecule has 0 spiro atoms. The largest absolute Gasteiger partial charge is 0.385 e. The van der Waals surface area contributed by atoms with Crippen molar-refractivity contribution in [2.45, 2.75) is 67.9 Å². The highest BCUT2D eigenvalue weighted by Crippen LogP contribution is 2.35. The van der Waals surface area contributed by atoms with Crippen molar-refractivity contribution in [2.24, 2.45) is 5.92 Å². The van der Waals surface area contributed by atoms with Crippen LogP contribution in [0, 0.1) is 5.92 Å². The van der Waals surface area contributed by atoms with Crippen molar-refractivity contribution < 1.29 is 0 Å². The number of hydrogen-bond acceptors (Lipinski definition) is 2. The summed E-state index contributed by atoms with van der Waals surface area (Å²) in [5.74, 6) is 0.899. The van der Waals surface area contributed by atoms with E-state index in [1.54, 1.807) is 0 Å². The van der Waals surface area contributed by atoms with Gasteiger partial charge in [0.15, 0.2) is 0 Å². The predicted molar refractivity (Wildman–Crippen MR) is 89.6 cm³/mol. The van der Waals surface area contributed by atoms with Gasteiger partial charge >= 0.3 is 0 Å². The number of rotatable bonds is 5. The Balaban J connectivity index is 1.45. The molecule has 110 valence electrons. The molecule has 0 aromatic heterocycles. The molecule has 2 heteroatoms. The molecule has 2 aliphatic carbocycles. The topological polar surface area (TPSA) is 12.0 Å². The van der Waals surface area contributed by atoms with Crippen molar-refractivity contribution in [2.75, 3.05) is 11.9 Å². The van der Waals surface area contributed by atoms with Gasteiger partial charge in [-0.05, 0) is 55.9 Å². The third-order valence-electron chi connectivity index (χ3n) is 4.78. The van der Waals surface area contributed by atoms with Crippen LogP contribution in [0.2, 0.25) is 0 Å². The number of anilines is 1. The van der Waals surface area contributed by atoms with E-state index in [4.69, 9.17) is 0 Å². The molecule has 20 heavy (non-hydrogen) atoms. The van der Waals surface area contributed by atoms with E-state index in [2.05, 4.69) is 41.3 Å². The Morgan fingerprint density at radius 3 is 2.20 bits per heavy atom. The molecule has 0 saturated heterocycles. The van der Waals surface area contributed by atoms with E-state index in [9.17, 15) is 0 Å². The minimum atomic E-state index is 0.871. The first-order chi connectivity index (χ1) is 9.90. The predicted octanol–water partition coefficient (Wildman–Crippen LogP) is 5.71. The van der Waals surface area contributed by atoms with Crippen molar-refractivity contribution in [3.8, 4) is 0 Å². The molecule has 0 atom stereocenters. The molecule has 1 aromatic carbocycles. The zero-order chi connectivity index (χ0) is 13.6. The molecule has 1 nitrogen and oxygen atoms in total. The monoisotopic (exact) mass is 289 g/mol. The molecule has 2 saturated carbocycles. The quantitative estimate of drug-likeness (QED) is 0.744. The Bertz CT molecular complexity index is 388. The molecule has 0 unspecified atom stereocenters. The van der Waals surface area contributed by atoms with Crippen LogP contribution in [-0.4, -0.2) is 11.8 Å². The van der Waals surface area contributed by atoms with Crippen molar-refractivity contribution >= 4 is 17.4 Å². The van der Waals surface area contributed by atoms with Gasteiger partial charge in [0.1, 0.15) is 0 Å². The lowest BCUT2D eigenvalue weighted by atomic mass is 9.89. The lowest BCUT2D eigenvalue weighted by Crippen LogP contribution is -2.16. The summed E-state index contributed by atoms with van der Waals surface area (Å²) in [6.45, 7) is 1.16. The van der Waals surface area contributed by atoms with Gasteiger partial charge in [0.2, 0.25) is 0 Å². The highest BCUT2D eigenvalue weighted by atomic mass is 32.2. The van der Waals surface area contributed by atoms with Crippen LogP contribution in [0.4, 0.5) is 5.69 Å². The van der Waals surface area contributed by atoms with Gasteiger partial charge in [0, 0.05) is 22.4 Å². The first-order valence-electron chi connectivity index (χ1n) is 8.41. The molecule has 3 rings (SSSR count). The Morgan fingerprint density at radius 1 is 0.850 bits per heavy atom. The number of hydrogen-bond donors (Lipinski definition) is 1. The number of nitrogens with one attached hydrogen (secondary N) is 1. The van der Waals surface area contributed by atoms with Gasteiger partial charge in [-0.3, -0.25) is 0 Å². The molecule has 0 amide bonds. The Labute approximate surface area is 127 Å². The summed E-state index contributed by atoms with van der Waals surface area (Å²) >= 11 is 2.08. The maximum atomic E-state index is 3.63. The van der Waals surface area contributed by atoms with Crippen LogP contribution in [-0.2, 0) is 0 Å². The van der Waals surface area contributed by atoms with Crippen molar-refractivity contribution in [1.29, 1.82) is 0 Å². The standard InChI is InChI=1S/C18H27NS/c1-2-6-15(7-3-1)14-19-16-10-12-18(13-11-16)20-17-8-4-5-9-17/h10-13,15,17,19H,1-9,14H2. The van der Waals surface area contributed by atoms with Gasteiger partial charge in [-0.15, -0.1) is 11.8 Å². The fourth-order valence-electron chi connectivity index (χ4n) is 3.50. The van der Waals surface area contributed by atoms with E-state index in [1.165, 1.54) is 68.4 Å². The summed E-state index contributed by atoms with van der Waals surface area (Å²) in [4.78, 5) is 1.44. The molecule has 0 aliphatic heterocycles. The summed E-state index contributed by atoms with van der Waals surface area (Å²) < 4.78 is 0. The van der Waals surface area contributed by atoms with E-state index in [1.807, 2.05) is 0 Å². The van der Waals surface area contributed by atoms with Gasteiger partial charge in [-0.1, -0.05) is 32.1 Å². The second-order valence-electron chi connectivity index (χ2n) is 6.43. The fraction of sp³-hybridized carbons (Fsp3) is 0.667. The van der Waals surface area contributed by atoms with Crippen LogP contribution in [0.1, 0.15) is 57.8 Å². The van der Waals surface area contributed by atoms with Gasteiger partial charge in [-0.25, -0.2) is 0 Å². The average Bonchev–Trinajstić information content (AvgIpc) is 3.01. The third-order valence-corrected chi connectivity index (χ3v) is 6.13. The molecule has 1 aromatic rings. The molecule has 0 bridgehead atoms. The third kappa shape index (κ3) is 4.18. The second kappa shape index (κ2) is 7.40. The molecular formula is C18H27NS. The van der Waals surface area contributed by atoms with Crippen LogP contribution < -0.4 is 5.32 Å². The normalized spacial score (nSPS) is 21.2. The van der Waals surface area contributed by atoms with Crippen molar-refractivity contribution in [3.63, 3.8) is 0 Å². The van der Waals surface area contributed by atoms with E-state index >= 15 is 0 Å². The van der Waals surface area contributed by atoms with E-state index in [0.29, 0.717) is 0 Å². The van der Waals surface area contributed by atoms with Crippen LogP contribution >= 0.6 is 11.8 Å². The van der Waals surface area contributed by atoms with E-state index in [0.717, 1.165) is 17.7 Å². The van der Waals surface area contributed by atoms with E-state index in [-0.39, 0.29) is 0 Å². The molecular weight excluding hydrogens is 262 g/mol. The van der Waals surface area contributed by atoms with Crippen LogP contribution in [0.15, 0.2) is 29.2 Å². The lowest BCUT2D eigenvalue weighted by Gasteiger charge is -2.22. The first kappa shape index (κ1) is 14.3. The van der Waals surface area contributed by atoms with E-state index < -0.39 is 0 Å². The number of thioether (sulfide) groups is 1. The molecule has 2 fully saturated rings. The lowest BCUT2D eigenvalue weighted by molar-refractivity contribution is 0.373. The molecule has 0 radical (unpaired) electrons. The fourth-order valence-corrected chi connectivity index (χ4v) is 4.75. The molecule has 1 N–H and O–H groups in total. The second-order valence-corrected chi connectivity index (χ2v) is 7.81. The highest BCUT2D eigenvalue weighted by molar-refractivity contribution is 8.00. The average molecular weight is 289 g/mol. The molecule has 2 aliphatic rings. The first-order valence-corrected chi connectivity index (χ1v) is 9.29. The summed E-state index contributed by atoms with van der Waals surface area (Å²) in [6, 6.07) is 9.12. The summed E-state index contributed by atoms with van der Waals surface area (Å²) in [5, 5.41) is 4.50. The smallest absolute Gasteiger partial charge is 0.0341 e. The summed E-state index contributed by atoms with van der Waals surface area (Å²) in [6.07, 6.45) is 12.8. The van der Waals surface area contributed by atoms with Gasteiger partial charge in [0.05, 0.1) is 0 Å². The highest BCUT2D eigenvalue weighted by Gasteiger charge is 2.16. The van der Waals surface area contributed by atoms with Crippen LogP contribution in [0.25, 0.3) is 0 Å².